The molecule has 11 heavy (non-hydrogen) atoms. The Morgan fingerprint density at radius 3 is 2.09 bits per heavy atom. The van der Waals surface area contributed by atoms with Gasteiger partial charge in [-0.1, -0.05) is 39.5 Å². The van der Waals surface area contributed by atoms with E-state index in [1.54, 1.807) is 0 Å². The molecule has 0 aliphatic carbocycles. The lowest BCUT2D eigenvalue weighted by Crippen LogP contribution is -1.95. The van der Waals surface area contributed by atoms with Crippen LogP contribution in [-0.4, -0.2) is 5.66 Å². The summed E-state index contributed by atoms with van der Waals surface area (Å²) in [6.45, 7) is 4.52. The highest BCUT2D eigenvalue weighted by Gasteiger charge is 1.98. The van der Waals surface area contributed by atoms with Gasteiger partial charge in [0.15, 0.2) is 0 Å². The van der Waals surface area contributed by atoms with Gasteiger partial charge in [-0.05, 0) is 18.5 Å². The second kappa shape index (κ2) is 11.2. The molecule has 0 nitrogen and oxygen atoms in total. The highest BCUT2D eigenvalue weighted by Crippen LogP contribution is 2.15. The van der Waals surface area contributed by atoms with Gasteiger partial charge in [0.1, 0.15) is 0 Å². The van der Waals surface area contributed by atoms with Gasteiger partial charge in [-0.15, -0.1) is 33.2 Å². The van der Waals surface area contributed by atoms with E-state index in [2.05, 4.69) is 23.1 Å². The summed E-state index contributed by atoms with van der Waals surface area (Å²) in [5, 5.41) is 0. The van der Waals surface area contributed by atoms with Gasteiger partial charge in [-0.2, -0.15) is 0 Å². The Morgan fingerprint density at radius 2 is 1.64 bits per heavy atom. The average Bonchev–Trinajstić information content (AvgIpc) is 1.89. The van der Waals surface area contributed by atoms with Crippen LogP contribution in [0, 0.1) is 0 Å². The van der Waals surface area contributed by atoms with Crippen LogP contribution in [-0.2, 0) is 0 Å². The Labute approximate surface area is 91.1 Å². The molecule has 0 spiro atoms. The molecule has 0 rings (SSSR count). The molecule has 2 heteroatoms. The van der Waals surface area contributed by atoms with Crippen molar-refractivity contribution in [3.8, 4) is 0 Å². The fourth-order valence-corrected chi connectivity index (χ4v) is 1.74. The number of unbranched alkanes of at least 4 members (excludes halogenated alkanes) is 2. The average molecular weight is 288 g/mol. The van der Waals surface area contributed by atoms with Crippen LogP contribution in [0.5, 0.6) is 0 Å². The van der Waals surface area contributed by atoms with Gasteiger partial charge in [-0.25, -0.2) is 0 Å². The van der Waals surface area contributed by atoms with E-state index >= 15 is 0 Å². The smallest absolute Gasteiger partial charge is 0.0264 e. The van der Waals surface area contributed by atoms with Gasteiger partial charge >= 0.3 is 0 Å². The monoisotopic (exact) mass is 288 g/mol. The summed E-state index contributed by atoms with van der Waals surface area (Å²) < 4.78 is 0. The lowest BCUT2D eigenvalue weighted by molar-refractivity contribution is 0.614. The summed E-state index contributed by atoms with van der Waals surface area (Å²) in [6, 6.07) is 0. The van der Waals surface area contributed by atoms with Crippen molar-refractivity contribution in [1.82, 2.24) is 0 Å². The predicted molar refractivity (Wildman–Crippen MR) is 68.0 cm³/mol. The van der Waals surface area contributed by atoms with Crippen LogP contribution in [0.25, 0.3) is 0 Å². The van der Waals surface area contributed by atoms with Gasteiger partial charge in [0.25, 0.3) is 0 Å². The Morgan fingerprint density at radius 1 is 1.00 bits per heavy atom. The Bertz CT molecular complexity index is 66.6. The lowest BCUT2D eigenvalue weighted by Gasteiger charge is -2.07. The first-order chi connectivity index (χ1) is 4.81. The largest absolute Gasteiger partial charge is 0.134 e. The van der Waals surface area contributed by atoms with Gasteiger partial charge in [0.05, 0.1) is 0 Å². The van der Waals surface area contributed by atoms with Crippen molar-refractivity contribution >= 4 is 33.2 Å². The maximum absolute atomic E-state index is 2.95. The first-order valence-corrected chi connectivity index (χ1v) is 5.23. The molecule has 0 amide bonds. The van der Waals surface area contributed by atoms with E-state index < -0.39 is 0 Å². The summed E-state index contributed by atoms with van der Waals surface area (Å²) in [7, 11) is 2.95. The third-order valence-electron chi connectivity index (χ3n) is 1.84. The normalized spacial score (nSPS) is 12.3. The third-order valence-corrected chi connectivity index (χ3v) is 2.50. The zero-order valence-electron chi connectivity index (χ0n) is 7.81. The Kier molecular flexibility index (Phi) is 14.9. The molecule has 0 saturated heterocycles. The molecule has 0 aromatic rings. The van der Waals surface area contributed by atoms with Crippen molar-refractivity contribution in [3.05, 3.63) is 0 Å². The van der Waals surface area contributed by atoms with E-state index in [1.807, 2.05) is 0 Å². The zero-order valence-corrected chi connectivity index (χ0v) is 11.3. The van der Waals surface area contributed by atoms with Crippen molar-refractivity contribution in [2.45, 2.75) is 58.0 Å². The molecule has 0 aliphatic heterocycles. The maximum atomic E-state index is 2.95. The van der Waals surface area contributed by atoms with E-state index in [0.717, 1.165) is 5.66 Å². The second-order valence-corrected chi connectivity index (χ2v) is 3.99. The van der Waals surface area contributed by atoms with Crippen LogP contribution < -0.4 is 0 Å². The number of hydrogen-bond acceptors (Lipinski definition) is 0. The first-order valence-electron chi connectivity index (χ1n) is 4.56. The molecule has 0 bridgehead atoms. The number of halogens is 1. The Balaban J connectivity index is 0. The van der Waals surface area contributed by atoms with Crippen molar-refractivity contribution < 1.29 is 0 Å². The van der Waals surface area contributed by atoms with Gasteiger partial charge < -0.3 is 0 Å². The van der Waals surface area contributed by atoms with E-state index in [9.17, 15) is 0 Å². The zero-order chi connectivity index (χ0) is 7.82. The predicted octanol–water partition coefficient (Wildman–Crippen LogP) is 4.23. The summed E-state index contributed by atoms with van der Waals surface area (Å²) in [6.07, 6.45) is 8.31. The second-order valence-electron chi connectivity index (χ2n) is 3.04. The molecule has 2 atom stereocenters. The minimum Gasteiger partial charge on any atom is -0.134 e. The lowest BCUT2D eigenvalue weighted by atomic mass is 10.1. The molecule has 0 aliphatic rings. The molecule has 0 radical (unpaired) electrons. The molecular weight excluding hydrogens is 266 g/mol. The number of rotatable bonds is 6. The maximum Gasteiger partial charge on any atom is -0.0264 e. The number of hydrogen-bond donors (Lipinski definition) is 0. The minimum atomic E-state index is 0. The summed E-state index contributed by atoms with van der Waals surface area (Å²) >= 11 is 0. The molecule has 2 unspecified atom stereocenters. The first kappa shape index (κ1) is 14.7. The van der Waals surface area contributed by atoms with E-state index in [0.29, 0.717) is 0 Å². The summed E-state index contributed by atoms with van der Waals surface area (Å²) in [5.41, 5.74) is 0.886. The van der Waals surface area contributed by atoms with Crippen LogP contribution >= 0.6 is 33.2 Å². The van der Waals surface area contributed by atoms with Crippen LogP contribution in [0.2, 0.25) is 0 Å². The van der Waals surface area contributed by atoms with Crippen molar-refractivity contribution in [1.29, 1.82) is 0 Å². The van der Waals surface area contributed by atoms with Gasteiger partial charge in [-0.3, -0.25) is 0 Å². The molecule has 0 heterocycles. The Hall–Kier alpha value is 1.16. The fourth-order valence-electron chi connectivity index (χ4n) is 1.17. The van der Waals surface area contributed by atoms with Crippen LogP contribution in [0.3, 0.4) is 0 Å². The van der Waals surface area contributed by atoms with Crippen molar-refractivity contribution in [2.75, 3.05) is 0 Å². The SMILES string of the molecule is CCCCCC(P)CCC.I. The standard InChI is InChI=1S/C9H21P.HI/c1-3-5-6-8-9(10)7-4-2;/h9H,3-8,10H2,1-2H3;1H. The molecule has 0 saturated carbocycles. The summed E-state index contributed by atoms with van der Waals surface area (Å²) in [5.74, 6) is 0. The molecule has 70 valence electrons. The molecular formula is C9H22IP. The molecule has 0 aromatic carbocycles. The quantitative estimate of drug-likeness (QED) is 0.390. The van der Waals surface area contributed by atoms with Crippen LogP contribution in [0.1, 0.15) is 52.4 Å². The fraction of sp³-hybridized carbons (Fsp3) is 1.00. The van der Waals surface area contributed by atoms with E-state index in [1.165, 1.54) is 38.5 Å². The van der Waals surface area contributed by atoms with Crippen molar-refractivity contribution in [2.24, 2.45) is 0 Å². The highest BCUT2D eigenvalue weighted by molar-refractivity contribution is 14.0. The molecule has 0 N–H and O–H groups in total. The minimum absolute atomic E-state index is 0. The molecule has 0 aromatic heterocycles. The van der Waals surface area contributed by atoms with Crippen molar-refractivity contribution in [3.63, 3.8) is 0 Å². The molecule has 0 fully saturated rings. The van der Waals surface area contributed by atoms with Crippen LogP contribution in [0.15, 0.2) is 0 Å². The topological polar surface area (TPSA) is 0 Å². The van der Waals surface area contributed by atoms with E-state index in [-0.39, 0.29) is 24.0 Å². The van der Waals surface area contributed by atoms with E-state index in [4.69, 9.17) is 0 Å². The van der Waals surface area contributed by atoms with Crippen LogP contribution in [0.4, 0.5) is 0 Å². The summed E-state index contributed by atoms with van der Waals surface area (Å²) in [4.78, 5) is 0. The highest BCUT2D eigenvalue weighted by atomic mass is 127. The van der Waals surface area contributed by atoms with Gasteiger partial charge in [0, 0.05) is 0 Å². The van der Waals surface area contributed by atoms with Gasteiger partial charge in [0.2, 0.25) is 0 Å². The third kappa shape index (κ3) is 11.2.